The average Bonchev–Trinajstić information content (AvgIpc) is 2.85. The van der Waals surface area contributed by atoms with Gasteiger partial charge in [0.1, 0.15) is 0 Å². The number of H-pyrrole nitrogens is 1. The lowest BCUT2D eigenvalue weighted by atomic mass is 10.2. The van der Waals surface area contributed by atoms with Crippen LogP contribution in [-0.4, -0.2) is 18.6 Å². The summed E-state index contributed by atoms with van der Waals surface area (Å²) in [5.74, 6) is 0.233. The second kappa shape index (κ2) is 5.22. The Kier molecular flexibility index (Phi) is 3.52. The zero-order chi connectivity index (χ0) is 15.0. The summed E-state index contributed by atoms with van der Waals surface area (Å²) in [6.07, 6.45) is 0. The number of rotatable bonds is 3. The summed E-state index contributed by atoms with van der Waals surface area (Å²) in [6.45, 7) is 0. The number of benzene rings is 2. The van der Waals surface area contributed by atoms with Crippen LogP contribution < -0.4 is 4.72 Å². The van der Waals surface area contributed by atoms with E-state index in [9.17, 15) is 8.42 Å². The summed E-state index contributed by atoms with van der Waals surface area (Å²) in [5, 5.41) is 7.88. The van der Waals surface area contributed by atoms with Crippen LogP contribution in [0.4, 0.5) is 5.82 Å². The van der Waals surface area contributed by atoms with Gasteiger partial charge in [0.15, 0.2) is 5.82 Å². The first-order valence-corrected chi connectivity index (χ1v) is 8.12. The van der Waals surface area contributed by atoms with Gasteiger partial charge < -0.3 is 0 Å². The van der Waals surface area contributed by atoms with Gasteiger partial charge in [0.2, 0.25) is 0 Å². The summed E-state index contributed by atoms with van der Waals surface area (Å²) < 4.78 is 27.1. The van der Waals surface area contributed by atoms with E-state index >= 15 is 0 Å². The van der Waals surface area contributed by atoms with E-state index in [1.54, 1.807) is 18.2 Å². The smallest absolute Gasteiger partial charge is 0.263 e. The quantitative estimate of drug-likeness (QED) is 0.763. The van der Waals surface area contributed by atoms with Crippen molar-refractivity contribution in [3.63, 3.8) is 0 Å². The van der Waals surface area contributed by atoms with Gasteiger partial charge in [-0.25, -0.2) is 8.42 Å². The topological polar surface area (TPSA) is 74.8 Å². The van der Waals surface area contributed by atoms with Crippen molar-refractivity contribution in [1.29, 1.82) is 0 Å². The van der Waals surface area contributed by atoms with E-state index in [1.807, 2.05) is 6.07 Å². The highest BCUT2D eigenvalue weighted by atomic mass is 35.5. The third-order valence-electron chi connectivity index (χ3n) is 2.90. The van der Waals surface area contributed by atoms with Gasteiger partial charge in [0.05, 0.1) is 20.5 Å². The lowest BCUT2D eigenvalue weighted by Crippen LogP contribution is -2.13. The van der Waals surface area contributed by atoms with Crippen LogP contribution in [0.1, 0.15) is 0 Å². The predicted octanol–water partition coefficient (Wildman–Crippen LogP) is 3.67. The standard InChI is InChI=1S/C13H9Cl2N3O2S/c14-10-6-5-8(7-11(10)15)21(19,20)18-13-9-3-1-2-4-12(9)16-17-13/h1-7H,(H2,16,17,18). The maximum Gasteiger partial charge on any atom is 0.263 e. The zero-order valence-electron chi connectivity index (χ0n) is 10.5. The van der Waals surface area contributed by atoms with Crippen LogP contribution in [0.2, 0.25) is 10.0 Å². The van der Waals surface area contributed by atoms with Crippen LogP contribution in [0.5, 0.6) is 0 Å². The summed E-state index contributed by atoms with van der Waals surface area (Å²) in [5.41, 5.74) is 0.740. The second-order valence-electron chi connectivity index (χ2n) is 4.30. The Morgan fingerprint density at radius 2 is 1.81 bits per heavy atom. The lowest BCUT2D eigenvalue weighted by Gasteiger charge is -2.07. The average molecular weight is 342 g/mol. The van der Waals surface area contributed by atoms with Gasteiger partial charge in [-0.15, -0.1) is 0 Å². The minimum atomic E-state index is -3.79. The molecule has 0 saturated carbocycles. The Bertz CT molecular complexity index is 922. The number of nitrogens with one attached hydrogen (secondary N) is 2. The maximum atomic E-state index is 12.3. The van der Waals surface area contributed by atoms with Gasteiger partial charge in [-0.2, -0.15) is 5.10 Å². The Labute approximate surface area is 130 Å². The molecule has 1 heterocycles. The van der Waals surface area contributed by atoms with E-state index in [4.69, 9.17) is 23.2 Å². The van der Waals surface area contributed by atoms with E-state index in [-0.39, 0.29) is 15.7 Å². The number of nitrogens with zero attached hydrogens (tertiary/aromatic N) is 1. The summed E-state index contributed by atoms with van der Waals surface area (Å²) in [7, 11) is -3.79. The van der Waals surface area contributed by atoms with Crippen molar-refractivity contribution in [1.82, 2.24) is 10.2 Å². The summed E-state index contributed by atoms with van der Waals surface area (Å²) >= 11 is 11.6. The molecule has 0 fully saturated rings. The molecule has 3 rings (SSSR count). The van der Waals surface area contributed by atoms with Crippen molar-refractivity contribution in [2.24, 2.45) is 0 Å². The molecule has 5 nitrogen and oxygen atoms in total. The van der Waals surface area contributed by atoms with Crippen LogP contribution in [0.25, 0.3) is 10.9 Å². The molecule has 8 heteroatoms. The fourth-order valence-corrected chi connectivity index (χ4v) is 3.28. The van der Waals surface area contributed by atoms with Gasteiger partial charge >= 0.3 is 0 Å². The largest absolute Gasteiger partial charge is 0.276 e. The number of halogens is 2. The fourth-order valence-electron chi connectivity index (χ4n) is 1.87. The molecule has 0 aliphatic rings. The molecule has 0 radical (unpaired) electrons. The molecule has 1 aromatic heterocycles. The van der Waals surface area contributed by atoms with Crippen LogP contribution in [0, 0.1) is 0 Å². The van der Waals surface area contributed by atoms with Crippen molar-refractivity contribution < 1.29 is 8.42 Å². The van der Waals surface area contributed by atoms with Crippen molar-refractivity contribution >= 4 is 49.9 Å². The van der Waals surface area contributed by atoms with Crippen LogP contribution >= 0.6 is 23.2 Å². The molecule has 3 aromatic rings. The number of fused-ring (bicyclic) bond motifs is 1. The maximum absolute atomic E-state index is 12.3. The van der Waals surface area contributed by atoms with Crippen LogP contribution in [0.3, 0.4) is 0 Å². The molecule has 0 bridgehead atoms. The van der Waals surface area contributed by atoms with Crippen molar-refractivity contribution in [2.75, 3.05) is 4.72 Å². The van der Waals surface area contributed by atoms with Gasteiger partial charge in [-0.05, 0) is 30.3 Å². The number of hydrogen-bond donors (Lipinski definition) is 2. The molecule has 0 amide bonds. The molecule has 21 heavy (non-hydrogen) atoms. The first-order valence-electron chi connectivity index (χ1n) is 5.88. The Balaban J connectivity index is 2.01. The first-order chi connectivity index (χ1) is 9.97. The van der Waals surface area contributed by atoms with Crippen molar-refractivity contribution in [3.8, 4) is 0 Å². The number of sulfonamides is 1. The summed E-state index contributed by atoms with van der Waals surface area (Å²) in [6, 6.07) is 11.3. The van der Waals surface area contributed by atoms with E-state index in [1.165, 1.54) is 18.2 Å². The molecule has 0 atom stereocenters. The number of aromatic nitrogens is 2. The zero-order valence-corrected chi connectivity index (χ0v) is 12.8. The van der Waals surface area contributed by atoms with Gasteiger partial charge in [0, 0.05) is 5.39 Å². The van der Waals surface area contributed by atoms with E-state index < -0.39 is 10.0 Å². The minimum Gasteiger partial charge on any atom is -0.276 e. The number of para-hydroxylation sites is 1. The highest BCUT2D eigenvalue weighted by Crippen LogP contribution is 2.27. The molecule has 2 aromatic carbocycles. The van der Waals surface area contributed by atoms with Crippen LogP contribution in [0.15, 0.2) is 47.4 Å². The Morgan fingerprint density at radius 1 is 1.05 bits per heavy atom. The molecule has 0 unspecified atom stereocenters. The second-order valence-corrected chi connectivity index (χ2v) is 6.80. The number of anilines is 1. The normalized spacial score (nSPS) is 11.7. The lowest BCUT2D eigenvalue weighted by molar-refractivity contribution is 0.601. The molecule has 0 aliphatic carbocycles. The highest BCUT2D eigenvalue weighted by Gasteiger charge is 2.18. The SMILES string of the molecule is O=S(=O)(Nc1n[nH]c2ccccc12)c1ccc(Cl)c(Cl)c1. The van der Waals surface area contributed by atoms with Gasteiger partial charge in [-0.1, -0.05) is 35.3 Å². The Morgan fingerprint density at radius 3 is 2.57 bits per heavy atom. The molecular formula is C13H9Cl2N3O2S. The highest BCUT2D eigenvalue weighted by molar-refractivity contribution is 7.92. The molecule has 2 N–H and O–H groups in total. The molecular weight excluding hydrogens is 333 g/mol. The Hall–Kier alpha value is -1.76. The third kappa shape index (κ3) is 2.70. The first kappa shape index (κ1) is 14.2. The molecule has 0 saturated heterocycles. The van der Waals surface area contributed by atoms with Crippen molar-refractivity contribution in [2.45, 2.75) is 4.90 Å². The monoisotopic (exact) mass is 341 g/mol. The number of hydrogen-bond acceptors (Lipinski definition) is 3. The van der Waals surface area contributed by atoms with E-state index in [2.05, 4.69) is 14.9 Å². The predicted molar refractivity (Wildman–Crippen MR) is 83.4 cm³/mol. The number of aromatic amines is 1. The van der Waals surface area contributed by atoms with E-state index in [0.717, 1.165) is 5.52 Å². The van der Waals surface area contributed by atoms with Crippen LogP contribution in [-0.2, 0) is 10.0 Å². The molecule has 0 aliphatic heterocycles. The molecule has 108 valence electrons. The third-order valence-corrected chi connectivity index (χ3v) is 4.98. The van der Waals surface area contributed by atoms with E-state index in [0.29, 0.717) is 10.4 Å². The molecule has 0 spiro atoms. The summed E-state index contributed by atoms with van der Waals surface area (Å²) in [4.78, 5) is 0.0176. The minimum absolute atomic E-state index is 0.0176. The van der Waals surface area contributed by atoms with Gasteiger partial charge in [0.25, 0.3) is 10.0 Å². The fraction of sp³-hybridized carbons (Fsp3) is 0. The van der Waals surface area contributed by atoms with Crippen molar-refractivity contribution in [3.05, 3.63) is 52.5 Å². The van der Waals surface area contributed by atoms with Gasteiger partial charge in [-0.3, -0.25) is 9.82 Å².